The zero-order chi connectivity index (χ0) is 11.9. The molecule has 5 nitrogen and oxygen atoms in total. The molecule has 0 aromatic rings. The standard InChI is InChI=1S/C9H15NO4S/c1-3-6-10(7-4-2)15(13,14)8-5-9(11)12/h3-4H,1-2,5-8H2,(H,11,12). The van der Waals surface area contributed by atoms with E-state index in [0.29, 0.717) is 0 Å². The summed E-state index contributed by atoms with van der Waals surface area (Å²) >= 11 is 0. The third-order valence-electron chi connectivity index (χ3n) is 1.63. The van der Waals surface area contributed by atoms with Crippen molar-refractivity contribution in [1.82, 2.24) is 4.31 Å². The molecule has 0 atom stereocenters. The van der Waals surface area contributed by atoms with Gasteiger partial charge in [0.15, 0.2) is 0 Å². The summed E-state index contributed by atoms with van der Waals surface area (Å²) in [5.74, 6) is -1.53. The summed E-state index contributed by atoms with van der Waals surface area (Å²) < 4.78 is 24.3. The molecule has 6 heteroatoms. The Balaban J connectivity index is 4.55. The van der Waals surface area contributed by atoms with Crippen LogP contribution in [0, 0.1) is 0 Å². The molecule has 0 spiro atoms. The van der Waals surface area contributed by atoms with Crippen LogP contribution >= 0.6 is 0 Å². The molecule has 0 aromatic carbocycles. The molecule has 0 radical (unpaired) electrons. The van der Waals surface area contributed by atoms with Gasteiger partial charge in [-0.2, -0.15) is 4.31 Å². The second-order valence-electron chi connectivity index (χ2n) is 2.85. The Morgan fingerprint density at radius 3 is 2.07 bits per heavy atom. The lowest BCUT2D eigenvalue weighted by molar-refractivity contribution is -0.136. The van der Waals surface area contributed by atoms with Crippen molar-refractivity contribution >= 4 is 16.0 Å². The number of hydrogen-bond acceptors (Lipinski definition) is 3. The summed E-state index contributed by atoms with van der Waals surface area (Å²) in [6.45, 7) is 7.19. The number of hydrogen-bond donors (Lipinski definition) is 1. The molecule has 0 aliphatic carbocycles. The second-order valence-corrected chi connectivity index (χ2v) is 4.94. The van der Waals surface area contributed by atoms with Crippen molar-refractivity contribution in [2.75, 3.05) is 18.8 Å². The average Bonchev–Trinajstić information content (AvgIpc) is 2.15. The number of carboxylic acid groups (broad SMARTS) is 1. The van der Waals surface area contributed by atoms with E-state index < -0.39 is 28.2 Å². The zero-order valence-corrected chi connectivity index (χ0v) is 9.24. The summed E-state index contributed by atoms with van der Waals surface area (Å²) in [6, 6.07) is 0. The van der Waals surface area contributed by atoms with Crippen LogP contribution in [0.1, 0.15) is 6.42 Å². The Bertz CT molecular complexity index is 324. The molecule has 0 aromatic heterocycles. The fourth-order valence-corrected chi connectivity index (χ4v) is 2.29. The number of carboxylic acids is 1. The predicted molar refractivity (Wildman–Crippen MR) is 58.0 cm³/mol. The van der Waals surface area contributed by atoms with Crippen LogP contribution in [0.4, 0.5) is 0 Å². The van der Waals surface area contributed by atoms with Crippen LogP contribution in [0.5, 0.6) is 0 Å². The number of sulfonamides is 1. The third kappa shape index (κ3) is 5.34. The Labute approximate surface area is 89.8 Å². The first-order valence-corrected chi connectivity index (χ1v) is 5.96. The number of rotatable bonds is 8. The highest BCUT2D eigenvalue weighted by Gasteiger charge is 2.20. The molecular formula is C9H15NO4S. The Hall–Kier alpha value is -1.14. The van der Waals surface area contributed by atoms with Gasteiger partial charge in [-0.3, -0.25) is 4.79 Å². The Morgan fingerprint density at radius 2 is 1.73 bits per heavy atom. The molecule has 1 N–H and O–H groups in total. The molecule has 0 aliphatic rings. The van der Waals surface area contributed by atoms with Gasteiger partial charge in [0.2, 0.25) is 10.0 Å². The van der Waals surface area contributed by atoms with E-state index in [-0.39, 0.29) is 13.1 Å². The third-order valence-corrected chi connectivity index (χ3v) is 3.44. The minimum atomic E-state index is -3.53. The Morgan fingerprint density at radius 1 is 1.27 bits per heavy atom. The van der Waals surface area contributed by atoms with Crippen molar-refractivity contribution in [3.63, 3.8) is 0 Å². The molecule has 0 heterocycles. The smallest absolute Gasteiger partial charge is 0.304 e. The molecule has 0 unspecified atom stereocenters. The van der Waals surface area contributed by atoms with Crippen molar-refractivity contribution in [1.29, 1.82) is 0 Å². The highest BCUT2D eigenvalue weighted by molar-refractivity contribution is 7.89. The van der Waals surface area contributed by atoms with Gasteiger partial charge in [-0.15, -0.1) is 13.2 Å². The van der Waals surface area contributed by atoms with Gasteiger partial charge < -0.3 is 5.11 Å². The molecule has 0 aliphatic heterocycles. The van der Waals surface area contributed by atoms with E-state index in [2.05, 4.69) is 13.2 Å². The molecule has 0 amide bonds. The fraction of sp³-hybridized carbons (Fsp3) is 0.444. The van der Waals surface area contributed by atoms with Crippen molar-refractivity contribution in [2.24, 2.45) is 0 Å². The molecule has 0 rings (SSSR count). The van der Waals surface area contributed by atoms with Crippen molar-refractivity contribution in [3.8, 4) is 0 Å². The fourth-order valence-electron chi connectivity index (χ4n) is 0.935. The van der Waals surface area contributed by atoms with E-state index in [0.717, 1.165) is 4.31 Å². The largest absolute Gasteiger partial charge is 0.481 e. The van der Waals surface area contributed by atoms with Crippen LogP contribution in [0.25, 0.3) is 0 Å². The lowest BCUT2D eigenvalue weighted by Crippen LogP contribution is -2.34. The van der Waals surface area contributed by atoms with E-state index in [4.69, 9.17) is 5.11 Å². The van der Waals surface area contributed by atoms with Crippen molar-refractivity contribution in [2.45, 2.75) is 6.42 Å². The lowest BCUT2D eigenvalue weighted by Gasteiger charge is -2.18. The van der Waals surface area contributed by atoms with E-state index in [1.54, 1.807) is 0 Å². The summed E-state index contributed by atoms with van der Waals surface area (Å²) in [6.07, 6.45) is 2.50. The van der Waals surface area contributed by atoms with Gasteiger partial charge in [0, 0.05) is 13.1 Å². The maximum atomic E-state index is 11.6. The van der Waals surface area contributed by atoms with Gasteiger partial charge >= 0.3 is 5.97 Å². The number of carbonyl (C=O) groups is 1. The van der Waals surface area contributed by atoms with E-state index in [1.807, 2.05) is 0 Å². The van der Waals surface area contributed by atoms with Crippen molar-refractivity contribution < 1.29 is 18.3 Å². The minimum absolute atomic E-state index is 0.161. The van der Waals surface area contributed by atoms with Crippen LogP contribution in [0.2, 0.25) is 0 Å². The van der Waals surface area contributed by atoms with E-state index in [9.17, 15) is 13.2 Å². The molecule has 0 saturated heterocycles. The molecule has 0 bridgehead atoms. The minimum Gasteiger partial charge on any atom is -0.481 e. The van der Waals surface area contributed by atoms with Crippen LogP contribution in [0.3, 0.4) is 0 Å². The number of nitrogens with zero attached hydrogens (tertiary/aromatic N) is 1. The van der Waals surface area contributed by atoms with Crippen molar-refractivity contribution in [3.05, 3.63) is 25.3 Å². The zero-order valence-electron chi connectivity index (χ0n) is 8.42. The van der Waals surface area contributed by atoms with Gasteiger partial charge in [-0.1, -0.05) is 12.2 Å². The first-order valence-electron chi connectivity index (χ1n) is 4.35. The Kier molecular flexibility index (Phi) is 5.88. The topological polar surface area (TPSA) is 74.7 Å². The molecule has 0 fully saturated rings. The maximum absolute atomic E-state index is 11.6. The molecule has 0 saturated carbocycles. The van der Waals surface area contributed by atoms with E-state index >= 15 is 0 Å². The first kappa shape index (κ1) is 13.9. The van der Waals surface area contributed by atoms with Crippen LogP contribution in [0.15, 0.2) is 25.3 Å². The highest BCUT2D eigenvalue weighted by Crippen LogP contribution is 2.03. The normalized spacial score (nSPS) is 11.3. The summed E-state index contributed by atoms with van der Waals surface area (Å²) in [5.41, 5.74) is 0. The van der Waals surface area contributed by atoms with Crippen LogP contribution in [-0.2, 0) is 14.8 Å². The van der Waals surface area contributed by atoms with Gasteiger partial charge in [0.05, 0.1) is 12.2 Å². The quantitative estimate of drug-likeness (QED) is 0.618. The van der Waals surface area contributed by atoms with Crippen LogP contribution < -0.4 is 0 Å². The first-order chi connectivity index (χ1) is 6.94. The monoisotopic (exact) mass is 233 g/mol. The second kappa shape index (κ2) is 6.36. The molecule has 15 heavy (non-hydrogen) atoms. The van der Waals surface area contributed by atoms with Gasteiger partial charge in [0.1, 0.15) is 0 Å². The highest BCUT2D eigenvalue weighted by atomic mass is 32.2. The molecule has 86 valence electrons. The summed E-state index contributed by atoms with van der Waals surface area (Å²) in [4.78, 5) is 10.3. The van der Waals surface area contributed by atoms with E-state index in [1.165, 1.54) is 12.2 Å². The lowest BCUT2D eigenvalue weighted by atomic mass is 10.5. The summed E-state index contributed by atoms with van der Waals surface area (Å²) in [5, 5.41) is 8.40. The molecular weight excluding hydrogens is 218 g/mol. The predicted octanol–water partition coefficient (Wildman–Crippen LogP) is 0.465. The van der Waals surface area contributed by atoms with Gasteiger partial charge in [-0.25, -0.2) is 8.42 Å². The van der Waals surface area contributed by atoms with Gasteiger partial charge in [0.25, 0.3) is 0 Å². The number of aliphatic carboxylic acids is 1. The SMILES string of the molecule is C=CCN(CC=C)S(=O)(=O)CCC(=O)O. The average molecular weight is 233 g/mol. The maximum Gasteiger partial charge on any atom is 0.304 e. The van der Waals surface area contributed by atoms with Gasteiger partial charge in [-0.05, 0) is 0 Å². The summed E-state index contributed by atoms with van der Waals surface area (Å²) in [7, 11) is -3.53. The van der Waals surface area contributed by atoms with Crippen LogP contribution in [-0.4, -0.2) is 42.6 Å².